The first-order chi connectivity index (χ1) is 9.52. The zero-order valence-corrected chi connectivity index (χ0v) is 11.7. The molecule has 1 aliphatic rings. The molecule has 1 aliphatic heterocycles. The van der Waals surface area contributed by atoms with E-state index in [0.717, 1.165) is 5.56 Å². The van der Waals surface area contributed by atoms with Crippen molar-refractivity contribution in [3.8, 4) is 0 Å². The van der Waals surface area contributed by atoms with Crippen LogP contribution in [0.1, 0.15) is 38.4 Å². The van der Waals surface area contributed by atoms with Gasteiger partial charge in [-0.05, 0) is 12.5 Å². The van der Waals surface area contributed by atoms with E-state index in [0.29, 0.717) is 18.5 Å². The molecule has 20 heavy (non-hydrogen) atoms. The van der Waals surface area contributed by atoms with Crippen LogP contribution in [-0.4, -0.2) is 34.4 Å². The molecule has 0 amide bonds. The third-order valence-electron chi connectivity index (χ3n) is 3.50. The summed E-state index contributed by atoms with van der Waals surface area (Å²) in [6.07, 6.45) is 2.12. The number of nitrogen functional groups attached to an aromatic ring is 1. The number of anilines is 1. The van der Waals surface area contributed by atoms with Gasteiger partial charge >= 0.3 is 5.97 Å². The number of aliphatic hydroxyl groups is 1. The first kappa shape index (κ1) is 14.7. The quantitative estimate of drug-likeness (QED) is 0.808. The molecule has 0 radical (unpaired) electrons. The molecule has 110 valence electrons. The third kappa shape index (κ3) is 3.08. The van der Waals surface area contributed by atoms with Gasteiger partial charge in [0.25, 0.3) is 0 Å². The van der Waals surface area contributed by atoms with Crippen molar-refractivity contribution in [3.63, 3.8) is 0 Å². The number of nitrogens with zero attached hydrogens (tertiary/aromatic N) is 1. The smallest absolute Gasteiger partial charge is 0.302 e. The Kier molecular flexibility index (Phi) is 4.57. The Morgan fingerprint density at radius 2 is 2.40 bits per heavy atom. The van der Waals surface area contributed by atoms with Crippen molar-refractivity contribution in [2.45, 2.75) is 51.1 Å². The topological polar surface area (TPSA) is 94.7 Å². The van der Waals surface area contributed by atoms with Crippen LogP contribution >= 0.6 is 0 Å². The van der Waals surface area contributed by atoms with Crippen LogP contribution in [0.5, 0.6) is 0 Å². The summed E-state index contributed by atoms with van der Waals surface area (Å²) >= 11 is 0. The van der Waals surface area contributed by atoms with E-state index >= 15 is 0 Å². The normalized spacial score (nSPS) is 29.9. The number of aliphatic hydroxyl groups excluding tert-OH is 1. The van der Waals surface area contributed by atoms with Gasteiger partial charge in [-0.1, -0.05) is 6.92 Å². The van der Waals surface area contributed by atoms with Crippen LogP contribution in [0, 0.1) is 0 Å². The first-order valence-electron chi connectivity index (χ1n) is 6.73. The van der Waals surface area contributed by atoms with E-state index < -0.39 is 18.2 Å². The molecule has 0 saturated carbocycles. The van der Waals surface area contributed by atoms with Gasteiger partial charge in [0.15, 0.2) is 0 Å². The first-order valence-corrected chi connectivity index (χ1v) is 6.73. The van der Waals surface area contributed by atoms with E-state index in [9.17, 15) is 9.90 Å². The molecule has 1 unspecified atom stereocenters. The maximum Gasteiger partial charge on any atom is 0.302 e. The molecule has 0 aliphatic carbocycles. The number of nitrogens with two attached hydrogens (primary N) is 1. The molecule has 1 aromatic rings. The maximum atomic E-state index is 11.2. The van der Waals surface area contributed by atoms with Gasteiger partial charge < -0.3 is 20.3 Å². The number of carbonyl (C=O) groups excluding carboxylic acids is 1. The number of pyridine rings is 1. The lowest BCUT2D eigenvalue weighted by molar-refractivity contribution is -0.192. The summed E-state index contributed by atoms with van der Waals surface area (Å²) in [5, 5.41) is 10.2. The largest absolute Gasteiger partial charge is 0.460 e. The lowest BCUT2D eigenvalue weighted by atomic mass is 9.92. The van der Waals surface area contributed by atoms with E-state index in [1.807, 2.05) is 6.92 Å². The van der Waals surface area contributed by atoms with Gasteiger partial charge in [-0.25, -0.2) is 0 Å². The molecule has 1 saturated heterocycles. The van der Waals surface area contributed by atoms with Crippen LogP contribution in [0.3, 0.4) is 0 Å². The molecule has 6 nitrogen and oxygen atoms in total. The van der Waals surface area contributed by atoms with Crippen LogP contribution in [0.2, 0.25) is 0 Å². The van der Waals surface area contributed by atoms with Crippen molar-refractivity contribution in [1.29, 1.82) is 0 Å². The lowest BCUT2D eigenvalue weighted by Crippen LogP contribution is -2.47. The number of hydrogen-bond acceptors (Lipinski definition) is 6. The minimum Gasteiger partial charge on any atom is -0.460 e. The fourth-order valence-corrected chi connectivity index (χ4v) is 2.52. The predicted octanol–water partition coefficient (Wildman–Crippen LogP) is 1.20. The number of hydrogen-bond donors (Lipinski definition) is 2. The second kappa shape index (κ2) is 6.19. The molecular weight excluding hydrogens is 260 g/mol. The Morgan fingerprint density at radius 1 is 1.65 bits per heavy atom. The monoisotopic (exact) mass is 280 g/mol. The number of rotatable bonds is 3. The van der Waals surface area contributed by atoms with E-state index in [-0.39, 0.29) is 12.2 Å². The average Bonchev–Trinajstić information content (AvgIpc) is 2.41. The minimum absolute atomic E-state index is 0.310. The zero-order chi connectivity index (χ0) is 14.7. The van der Waals surface area contributed by atoms with Gasteiger partial charge in [0.2, 0.25) is 0 Å². The summed E-state index contributed by atoms with van der Waals surface area (Å²) in [4.78, 5) is 15.1. The van der Waals surface area contributed by atoms with E-state index in [4.69, 9.17) is 15.2 Å². The second-order valence-electron chi connectivity index (χ2n) is 4.95. The van der Waals surface area contributed by atoms with Crippen LogP contribution in [-0.2, 0) is 14.3 Å². The van der Waals surface area contributed by atoms with E-state index in [2.05, 4.69) is 4.98 Å². The Morgan fingerprint density at radius 3 is 3.00 bits per heavy atom. The highest BCUT2D eigenvalue weighted by Crippen LogP contribution is 2.36. The van der Waals surface area contributed by atoms with Crippen LogP contribution in [0.25, 0.3) is 0 Å². The summed E-state index contributed by atoms with van der Waals surface area (Å²) < 4.78 is 11.1. The Hall–Kier alpha value is -1.66. The van der Waals surface area contributed by atoms with Gasteiger partial charge in [-0.2, -0.15) is 0 Å². The van der Waals surface area contributed by atoms with Crippen LogP contribution in [0.4, 0.5) is 5.69 Å². The highest BCUT2D eigenvalue weighted by atomic mass is 16.6. The molecule has 2 rings (SSSR count). The van der Waals surface area contributed by atoms with Gasteiger partial charge in [-0.15, -0.1) is 0 Å². The molecule has 4 atom stereocenters. The average molecular weight is 280 g/mol. The zero-order valence-electron chi connectivity index (χ0n) is 11.7. The van der Waals surface area contributed by atoms with E-state index in [1.165, 1.54) is 6.92 Å². The molecule has 3 N–H and O–H groups in total. The van der Waals surface area contributed by atoms with Crippen molar-refractivity contribution < 1.29 is 19.4 Å². The van der Waals surface area contributed by atoms with Gasteiger partial charge in [0.05, 0.1) is 24.1 Å². The van der Waals surface area contributed by atoms with Crippen molar-refractivity contribution in [2.75, 3.05) is 5.73 Å². The molecule has 1 aromatic heterocycles. The SMILES string of the molecule is CC[C@@H]1OC(c2ccncc2N)C[C@H](OC(C)=O)[C@H]1O. The molecular formula is C14H20N2O4. The van der Waals surface area contributed by atoms with Gasteiger partial charge in [-0.3, -0.25) is 9.78 Å². The predicted molar refractivity (Wildman–Crippen MR) is 72.7 cm³/mol. The Labute approximate surface area is 117 Å². The van der Waals surface area contributed by atoms with Gasteiger partial charge in [0.1, 0.15) is 12.2 Å². The minimum atomic E-state index is -0.816. The number of aromatic nitrogens is 1. The molecule has 0 aromatic carbocycles. The molecule has 6 heteroatoms. The standard InChI is InChI=1S/C14H20N2O4/c1-3-11-14(18)13(19-8(2)17)6-12(20-11)9-4-5-16-7-10(9)15/h4-5,7,11-14,18H,3,6,15H2,1-2H3/t11-,12?,13-,14-/m0/s1. The number of ether oxygens (including phenoxy) is 2. The Balaban J connectivity index is 2.22. The fraction of sp³-hybridized carbons (Fsp3) is 0.571. The molecule has 2 heterocycles. The molecule has 1 fully saturated rings. The summed E-state index contributed by atoms with van der Waals surface area (Å²) in [5.74, 6) is -0.410. The molecule has 0 bridgehead atoms. The summed E-state index contributed by atoms with van der Waals surface area (Å²) in [7, 11) is 0. The Bertz CT molecular complexity index is 480. The third-order valence-corrected chi connectivity index (χ3v) is 3.50. The highest BCUT2D eigenvalue weighted by molar-refractivity contribution is 5.66. The van der Waals surface area contributed by atoms with Crippen molar-refractivity contribution in [2.24, 2.45) is 0 Å². The lowest BCUT2D eigenvalue weighted by Gasteiger charge is -2.39. The summed E-state index contributed by atoms with van der Waals surface area (Å²) in [5.41, 5.74) is 7.25. The van der Waals surface area contributed by atoms with Crippen molar-refractivity contribution >= 4 is 11.7 Å². The fourth-order valence-electron chi connectivity index (χ4n) is 2.52. The number of carbonyl (C=O) groups is 1. The molecule has 0 spiro atoms. The van der Waals surface area contributed by atoms with E-state index in [1.54, 1.807) is 18.5 Å². The summed E-state index contributed by atoms with van der Waals surface area (Å²) in [6, 6.07) is 1.79. The van der Waals surface area contributed by atoms with Crippen molar-refractivity contribution in [1.82, 2.24) is 4.98 Å². The van der Waals surface area contributed by atoms with Crippen LogP contribution in [0.15, 0.2) is 18.5 Å². The second-order valence-corrected chi connectivity index (χ2v) is 4.95. The number of esters is 1. The maximum absolute atomic E-state index is 11.2. The summed E-state index contributed by atoms with van der Waals surface area (Å²) in [6.45, 7) is 3.25. The highest BCUT2D eigenvalue weighted by Gasteiger charge is 2.39. The van der Waals surface area contributed by atoms with Gasteiger partial charge in [0, 0.05) is 25.1 Å². The van der Waals surface area contributed by atoms with Crippen LogP contribution < -0.4 is 5.73 Å². The van der Waals surface area contributed by atoms with Crippen molar-refractivity contribution in [3.05, 3.63) is 24.0 Å².